The van der Waals surface area contributed by atoms with Gasteiger partial charge in [0, 0.05) is 5.02 Å². The molecule has 1 heteroatoms. The molecule has 2 atom stereocenters. The average Bonchev–Trinajstić information content (AvgIpc) is 2.15. The molecule has 0 spiro atoms. The minimum atomic E-state index is 0.405. The molecule has 88 valence electrons. The molecule has 2 rings (SSSR count). The molecule has 1 aromatic carbocycles. The first-order valence-corrected chi connectivity index (χ1v) is 6.64. The molecule has 1 aliphatic rings. The number of halogens is 1. The van der Waals surface area contributed by atoms with Gasteiger partial charge in [0.05, 0.1) is 0 Å². The summed E-state index contributed by atoms with van der Waals surface area (Å²) < 4.78 is 0. The molecule has 0 aromatic heterocycles. The summed E-state index contributed by atoms with van der Waals surface area (Å²) in [5.41, 5.74) is 1.83. The quantitative estimate of drug-likeness (QED) is 0.623. The van der Waals surface area contributed by atoms with E-state index in [0.29, 0.717) is 11.3 Å². The van der Waals surface area contributed by atoms with E-state index in [1.165, 1.54) is 24.8 Å². The molecule has 1 aliphatic carbocycles. The molecule has 0 heterocycles. The molecule has 0 amide bonds. The van der Waals surface area contributed by atoms with E-state index in [4.69, 9.17) is 11.6 Å². The van der Waals surface area contributed by atoms with E-state index < -0.39 is 0 Å². The lowest BCUT2D eigenvalue weighted by atomic mass is 9.62. The van der Waals surface area contributed by atoms with E-state index in [9.17, 15) is 0 Å². The van der Waals surface area contributed by atoms with E-state index in [1.807, 2.05) is 6.07 Å². The SMILES string of the molecule is C[C@H]1CCCC(C)(C)C1c1cccc(Cl)c1. The topological polar surface area (TPSA) is 0 Å². The number of hydrogen-bond acceptors (Lipinski definition) is 0. The van der Waals surface area contributed by atoms with Crippen molar-refractivity contribution in [2.45, 2.75) is 46.0 Å². The molecule has 0 bridgehead atoms. The smallest absolute Gasteiger partial charge is 0.0408 e. The monoisotopic (exact) mass is 236 g/mol. The Morgan fingerprint density at radius 1 is 1.31 bits per heavy atom. The molecule has 1 saturated carbocycles. The Balaban J connectivity index is 2.36. The summed E-state index contributed by atoms with van der Waals surface area (Å²) in [5, 5.41) is 0.867. The van der Waals surface area contributed by atoms with Gasteiger partial charge in [0.2, 0.25) is 0 Å². The van der Waals surface area contributed by atoms with E-state index >= 15 is 0 Å². The minimum Gasteiger partial charge on any atom is -0.0843 e. The van der Waals surface area contributed by atoms with Crippen LogP contribution >= 0.6 is 11.6 Å². The number of hydrogen-bond donors (Lipinski definition) is 0. The molecule has 0 N–H and O–H groups in total. The van der Waals surface area contributed by atoms with Crippen molar-refractivity contribution in [3.8, 4) is 0 Å². The van der Waals surface area contributed by atoms with E-state index in [2.05, 4.69) is 39.0 Å². The van der Waals surface area contributed by atoms with Crippen LogP contribution in [0.5, 0.6) is 0 Å². The van der Waals surface area contributed by atoms with Crippen LogP contribution in [-0.2, 0) is 0 Å². The van der Waals surface area contributed by atoms with Gasteiger partial charge < -0.3 is 0 Å². The summed E-state index contributed by atoms with van der Waals surface area (Å²) in [4.78, 5) is 0. The van der Waals surface area contributed by atoms with Crippen molar-refractivity contribution in [1.29, 1.82) is 0 Å². The van der Waals surface area contributed by atoms with Crippen LogP contribution in [0, 0.1) is 11.3 Å². The molecule has 1 fully saturated rings. The maximum Gasteiger partial charge on any atom is 0.0408 e. The molecular weight excluding hydrogens is 216 g/mol. The first-order valence-electron chi connectivity index (χ1n) is 6.26. The van der Waals surface area contributed by atoms with Crippen molar-refractivity contribution in [3.63, 3.8) is 0 Å². The maximum atomic E-state index is 6.10. The van der Waals surface area contributed by atoms with Crippen molar-refractivity contribution in [3.05, 3.63) is 34.9 Å². The van der Waals surface area contributed by atoms with Gasteiger partial charge in [0.1, 0.15) is 0 Å². The van der Waals surface area contributed by atoms with Gasteiger partial charge in [-0.1, -0.05) is 57.3 Å². The highest BCUT2D eigenvalue weighted by atomic mass is 35.5. The Morgan fingerprint density at radius 3 is 2.69 bits per heavy atom. The second kappa shape index (κ2) is 4.41. The Labute approximate surface area is 104 Å². The van der Waals surface area contributed by atoms with Crippen LogP contribution in [-0.4, -0.2) is 0 Å². The molecule has 1 unspecified atom stereocenters. The Hall–Kier alpha value is -0.490. The zero-order valence-corrected chi connectivity index (χ0v) is 11.2. The fourth-order valence-corrected chi connectivity index (χ4v) is 3.65. The van der Waals surface area contributed by atoms with Gasteiger partial charge in [-0.25, -0.2) is 0 Å². The molecule has 0 nitrogen and oxygen atoms in total. The fourth-order valence-electron chi connectivity index (χ4n) is 3.45. The predicted octanol–water partition coefficient (Wildman–Crippen LogP) is 5.27. The zero-order valence-electron chi connectivity index (χ0n) is 10.5. The highest BCUT2D eigenvalue weighted by molar-refractivity contribution is 6.30. The van der Waals surface area contributed by atoms with E-state index in [-0.39, 0.29) is 0 Å². The van der Waals surface area contributed by atoms with E-state index in [0.717, 1.165) is 10.9 Å². The number of benzene rings is 1. The molecule has 0 aliphatic heterocycles. The van der Waals surface area contributed by atoms with Crippen molar-refractivity contribution >= 4 is 11.6 Å². The second-order valence-electron chi connectivity index (χ2n) is 5.89. The summed E-state index contributed by atoms with van der Waals surface area (Å²) in [6.45, 7) is 7.18. The second-order valence-corrected chi connectivity index (χ2v) is 6.33. The van der Waals surface area contributed by atoms with Crippen LogP contribution < -0.4 is 0 Å². The third-order valence-corrected chi connectivity index (χ3v) is 4.33. The first kappa shape index (κ1) is 12.0. The normalized spacial score (nSPS) is 29.0. The van der Waals surface area contributed by atoms with Crippen LogP contribution in [0.15, 0.2) is 24.3 Å². The average molecular weight is 237 g/mol. The molecule has 16 heavy (non-hydrogen) atoms. The molecule has 1 aromatic rings. The highest BCUT2D eigenvalue weighted by Gasteiger charge is 2.37. The Morgan fingerprint density at radius 2 is 2.06 bits per heavy atom. The Bertz CT molecular complexity index is 367. The summed E-state index contributed by atoms with van der Waals surface area (Å²) in [6, 6.07) is 8.43. The van der Waals surface area contributed by atoms with E-state index in [1.54, 1.807) is 0 Å². The van der Waals surface area contributed by atoms with Crippen LogP contribution in [0.3, 0.4) is 0 Å². The fraction of sp³-hybridized carbons (Fsp3) is 0.600. The van der Waals surface area contributed by atoms with Gasteiger partial charge in [-0.15, -0.1) is 0 Å². The maximum absolute atomic E-state index is 6.10. The van der Waals surface area contributed by atoms with Gasteiger partial charge in [-0.2, -0.15) is 0 Å². The first-order chi connectivity index (χ1) is 7.50. The Kier molecular flexibility index (Phi) is 3.30. The molecular formula is C15H21Cl. The van der Waals surface area contributed by atoms with Crippen LogP contribution in [0.1, 0.15) is 51.5 Å². The van der Waals surface area contributed by atoms with Gasteiger partial charge in [0.15, 0.2) is 0 Å². The lowest BCUT2D eigenvalue weighted by Gasteiger charge is -2.43. The molecule has 0 radical (unpaired) electrons. The summed E-state index contributed by atoms with van der Waals surface area (Å²) >= 11 is 6.10. The summed E-state index contributed by atoms with van der Waals surface area (Å²) in [6.07, 6.45) is 4.04. The van der Waals surface area contributed by atoms with Gasteiger partial charge >= 0.3 is 0 Å². The lowest BCUT2D eigenvalue weighted by Crippen LogP contribution is -2.31. The third-order valence-electron chi connectivity index (χ3n) is 4.10. The highest BCUT2D eigenvalue weighted by Crippen LogP contribution is 2.49. The van der Waals surface area contributed by atoms with Crippen molar-refractivity contribution in [2.24, 2.45) is 11.3 Å². The zero-order chi connectivity index (χ0) is 11.8. The van der Waals surface area contributed by atoms with Crippen molar-refractivity contribution < 1.29 is 0 Å². The van der Waals surface area contributed by atoms with Crippen LogP contribution in [0.2, 0.25) is 5.02 Å². The number of rotatable bonds is 1. The summed E-state index contributed by atoms with van der Waals surface area (Å²) in [5.74, 6) is 1.42. The van der Waals surface area contributed by atoms with Crippen molar-refractivity contribution in [1.82, 2.24) is 0 Å². The predicted molar refractivity (Wildman–Crippen MR) is 71.0 cm³/mol. The minimum absolute atomic E-state index is 0.405. The van der Waals surface area contributed by atoms with Crippen LogP contribution in [0.25, 0.3) is 0 Å². The van der Waals surface area contributed by atoms with Crippen LogP contribution in [0.4, 0.5) is 0 Å². The molecule has 0 saturated heterocycles. The van der Waals surface area contributed by atoms with Gasteiger partial charge in [0.25, 0.3) is 0 Å². The third kappa shape index (κ3) is 2.27. The van der Waals surface area contributed by atoms with Gasteiger partial charge in [-0.05, 0) is 41.4 Å². The van der Waals surface area contributed by atoms with Gasteiger partial charge in [-0.3, -0.25) is 0 Å². The lowest BCUT2D eigenvalue weighted by molar-refractivity contribution is 0.146. The summed E-state index contributed by atoms with van der Waals surface area (Å²) in [7, 11) is 0. The standard InChI is InChI=1S/C15H21Cl/c1-11-6-5-9-15(2,3)14(11)12-7-4-8-13(16)10-12/h4,7-8,10-11,14H,5-6,9H2,1-3H3/t11-,14?/m0/s1. The van der Waals surface area contributed by atoms with Crippen molar-refractivity contribution in [2.75, 3.05) is 0 Å². The largest absolute Gasteiger partial charge is 0.0843 e.